The van der Waals surface area contributed by atoms with Gasteiger partial charge in [-0.15, -0.1) is 0 Å². The van der Waals surface area contributed by atoms with Gasteiger partial charge in [-0.1, -0.05) is 6.07 Å². The smallest absolute Gasteiger partial charge is 0.311 e. The van der Waals surface area contributed by atoms with E-state index in [1.165, 1.54) is 24.3 Å². The van der Waals surface area contributed by atoms with E-state index in [1.807, 2.05) is 32.0 Å². The maximum absolute atomic E-state index is 12.9. The first-order chi connectivity index (χ1) is 13.3. The average Bonchev–Trinajstić information content (AvgIpc) is 3.03. The summed E-state index contributed by atoms with van der Waals surface area (Å²) in [6.45, 7) is 3.65. The number of hydrogen-bond donors (Lipinski definition) is 1. The fourth-order valence-electron chi connectivity index (χ4n) is 3.21. The van der Waals surface area contributed by atoms with Crippen molar-refractivity contribution < 1.29 is 23.5 Å². The molecule has 0 aliphatic carbocycles. The van der Waals surface area contributed by atoms with Gasteiger partial charge < -0.3 is 15.0 Å². The van der Waals surface area contributed by atoms with Crippen molar-refractivity contribution in [2.75, 3.05) is 23.4 Å². The van der Waals surface area contributed by atoms with Crippen molar-refractivity contribution in [3.63, 3.8) is 0 Å². The van der Waals surface area contributed by atoms with Gasteiger partial charge in [-0.25, -0.2) is 4.39 Å². The number of anilines is 2. The van der Waals surface area contributed by atoms with E-state index in [0.29, 0.717) is 5.69 Å². The maximum Gasteiger partial charge on any atom is 0.311 e. The van der Waals surface area contributed by atoms with Crippen molar-refractivity contribution in [1.82, 2.24) is 0 Å². The largest absolute Gasteiger partial charge is 0.455 e. The molecule has 1 fully saturated rings. The van der Waals surface area contributed by atoms with E-state index in [1.54, 1.807) is 4.90 Å². The van der Waals surface area contributed by atoms with Gasteiger partial charge in [0.2, 0.25) is 5.91 Å². The summed E-state index contributed by atoms with van der Waals surface area (Å²) in [6.07, 6.45) is 0.0470. The highest BCUT2D eigenvalue weighted by Crippen LogP contribution is 2.27. The molecule has 1 saturated heterocycles. The summed E-state index contributed by atoms with van der Waals surface area (Å²) in [5.74, 6) is -2.30. The van der Waals surface area contributed by atoms with E-state index in [9.17, 15) is 18.8 Å². The molecule has 0 spiro atoms. The molecule has 28 heavy (non-hydrogen) atoms. The summed E-state index contributed by atoms with van der Waals surface area (Å²) < 4.78 is 17.9. The van der Waals surface area contributed by atoms with Crippen LogP contribution in [-0.4, -0.2) is 30.9 Å². The number of amides is 2. The Morgan fingerprint density at radius 1 is 1.14 bits per heavy atom. The van der Waals surface area contributed by atoms with Crippen LogP contribution >= 0.6 is 0 Å². The first-order valence-corrected chi connectivity index (χ1v) is 8.92. The number of esters is 1. The van der Waals surface area contributed by atoms with Crippen molar-refractivity contribution in [1.29, 1.82) is 0 Å². The average molecular weight is 384 g/mol. The molecule has 7 heteroatoms. The van der Waals surface area contributed by atoms with Gasteiger partial charge >= 0.3 is 5.97 Å². The normalized spacial score (nSPS) is 16.2. The Bertz CT molecular complexity index is 891. The minimum Gasteiger partial charge on any atom is -0.455 e. The first kappa shape index (κ1) is 19.5. The zero-order chi connectivity index (χ0) is 20.3. The number of rotatable bonds is 5. The highest BCUT2D eigenvalue weighted by molar-refractivity contribution is 6.00. The summed E-state index contributed by atoms with van der Waals surface area (Å²) in [7, 11) is 0. The Kier molecular flexibility index (Phi) is 5.73. The van der Waals surface area contributed by atoms with Crippen LogP contribution in [0.1, 0.15) is 17.5 Å². The van der Waals surface area contributed by atoms with E-state index in [-0.39, 0.29) is 18.9 Å². The van der Waals surface area contributed by atoms with Gasteiger partial charge in [-0.3, -0.25) is 14.4 Å². The molecule has 2 aromatic carbocycles. The lowest BCUT2D eigenvalue weighted by atomic mass is 10.1. The zero-order valence-corrected chi connectivity index (χ0v) is 15.7. The topological polar surface area (TPSA) is 75.7 Å². The zero-order valence-electron chi connectivity index (χ0n) is 15.7. The van der Waals surface area contributed by atoms with Crippen LogP contribution in [-0.2, 0) is 19.1 Å². The van der Waals surface area contributed by atoms with Crippen LogP contribution in [0.4, 0.5) is 15.8 Å². The number of ether oxygens (including phenoxy) is 1. The minimum atomic E-state index is -0.619. The third-order valence-electron chi connectivity index (χ3n) is 4.45. The number of hydrogen-bond acceptors (Lipinski definition) is 4. The fraction of sp³-hybridized carbons (Fsp3) is 0.286. The Hall–Kier alpha value is -3.22. The summed E-state index contributed by atoms with van der Waals surface area (Å²) in [5.41, 5.74) is 3.23. The quantitative estimate of drug-likeness (QED) is 0.804. The van der Waals surface area contributed by atoms with Crippen molar-refractivity contribution in [3.8, 4) is 0 Å². The molecule has 1 aliphatic heterocycles. The molecule has 1 atom stereocenters. The monoisotopic (exact) mass is 384 g/mol. The molecule has 6 nitrogen and oxygen atoms in total. The van der Waals surface area contributed by atoms with E-state index in [2.05, 4.69) is 5.32 Å². The number of halogens is 1. The SMILES string of the molecule is Cc1cc(C)cc(N2C[C@@H](C(=O)OCC(=O)Nc3ccc(F)cc3)CC2=O)c1. The minimum absolute atomic E-state index is 0.0470. The summed E-state index contributed by atoms with van der Waals surface area (Å²) in [6, 6.07) is 11.1. The molecular formula is C21H21FN2O4. The third kappa shape index (κ3) is 4.73. The van der Waals surface area contributed by atoms with Crippen LogP contribution in [0.25, 0.3) is 0 Å². The predicted octanol–water partition coefficient (Wildman–Crippen LogP) is 2.98. The van der Waals surface area contributed by atoms with Gasteiger partial charge in [0.25, 0.3) is 5.91 Å². The second-order valence-corrected chi connectivity index (χ2v) is 6.91. The molecule has 0 radical (unpaired) electrons. The second-order valence-electron chi connectivity index (χ2n) is 6.91. The number of nitrogens with one attached hydrogen (secondary N) is 1. The Labute approximate surface area is 162 Å². The lowest BCUT2D eigenvalue weighted by molar-refractivity contribution is -0.151. The Balaban J connectivity index is 1.54. The van der Waals surface area contributed by atoms with E-state index in [4.69, 9.17) is 4.74 Å². The molecule has 0 bridgehead atoms. The lowest BCUT2D eigenvalue weighted by Crippen LogP contribution is -2.28. The van der Waals surface area contributed by atoms with Crippen LogP contribution in [0.2, 0.25) is 0 Å². The van der Waals surface area contributed by atoms with Gasteiger partial charge in [0.1, 0.15) is 5.82 Å². The number of aryl methyl sites for hydroxylation is 2. The van der Waals surface area contributed by atoms with Gasteiger partial charge in [0.15, 0.2) is 6.61 Å². The molecule has 1 heterocycles. The van der Waals surface area contributed by atoms with Gasteiger partial charge in [0, 0.05) is 24.3 Å². The molecule has 3 rings (SSSR count). The van der Waals surface area contributed by atoms with Crippen molar-refractivity contribution in [3.05, 3.63) is 59.4 Å². The Morgan fingerprint density at radius 3 is 2.43 bits per heavy atom. The fourth-order valence-corrected chi connectivity index (χ4v) is 3.21. The van der Waals surface area contributed by atoms with Gasteiger partial charge in [-0.05, 0) is 61.4 Å². The van der Waals surface area contributed by atoms with E-state index in [0.717, 1.165) is 16.8 Å². The van der Waals surface area contributed by atoms with E-state index < -0.39 is 30.2 Å². The standard InChI is InChI=1S/C21H21FN2O4/c1-13-7-14(2)9-18(8-13)24-11-15(10-20(24)26)21(27)28-12-19(25)23-17-5-3-16(22)4-6-17/h3-9,15H,10-12H2,1-2H3,(H,23,25)/t15-/m0/s1. The number of carbonyl (C=O) groups is 3. The van der Waals surface area contributed by atoms with Crippen LogP contribution < -0.4 is 10.2 Å². The van der Waals surface area contributed by atoms with Crippen LogP contribution in [0.3, 0.4) is 0 Å². The second kappa shape index (κ2) is 8.21. The molecule has 0 unspecified atom stereocenters. The number of benzene rings is 2. The van der Waals surface area contributed by atoms with Crippen LogP contribution in [0.5, 0.6) is 0 Å². The van der Waals surface area contributed by atoms with Crippen molar-refractivity contribution in [2.45, 2.75) is 20.3 Å². The maximum atomic E-state index is 12.9. The number of carbonyl (C=O) groups excluding carboxylic acids is 3. The molecule has 1 aliphatic rings. The third-order valence-corrected chi connectivity index (χ3v) is 4.45. The van der Waals surface area contributed by atoms with Gasteiger partial charge in [-0.2, -0.15) is 0 Å². The molecule has 0 aromatic heterocycles. The first-order valence-electron chi connectivity index (χ1n) is 8.92. The molecule has 0 saturated carbocycles. The predicted molar refractivity (Wildman–Crippen MR) is 102 cm³/mol. The number of nitrogens with zero attached hydrogens (tertiary/aromatic N) is 1. The highest BCUT2D eigenvalue weighted by Gasteiger charge is 2.36. The summed E-state index contributed by atoms with van der Waals surface area (Å²) in [5, 5.41) is 2.51. The molecule has 1 N–H and O–H groups in total. The molecule has 146 valence electrons. The van der Waals surface area contributed by atoms with Gasteiger partial charge in [0.05, 0.1) is 5.92 Å². The van der Waals surface area contributed by atoms with Crippen molar-refractivity contribution in [2.24, 2.45) is 5.92 Å². The summed E-state index contributed by atoms with van der Waals surface area (Å²) >= 11 is 0. The molecule has 2 amide bonds. The highest BCUT2D eigenvalue weighted by atomic mass is 19.1. The van der Waals surface area contributed by atoms with Crippen LogP contribution in [0.15, 0.2) is 42.5 Å². The molecular weight excluding hydrogens is 363 g/mol. The molecule has 2 aromatic rings. The van der Waals surface area contributed by atoms with Crippen LogP contribution in [0, 0.1) is 25.6 Å². The Morgan fingerprint density at radius 2 is 1.79 bits per heavy atom. The van der Waals surface area contributed by atoms with E-state index >= 15 is 0 Å². The summed E-state index contributed by atoms with van der Waals surface area (Å²) in [4.78, 5) is 38.1. The van der Waals surface area contributed by atoms with Crippen molar-refractivity contribution >= 4 is 29.2 Å². The lowest BCUT2D eigenvalue weighted by Gasteiger charge is -2.18.